The summed E-state index contributed by atoms with van der Waals surface area (Å²) in [5.41, 5.74) is 2.60. The molecule has 4 amide bonds. The Hall–Kier alpha value is -3.99. The number of carboxylic acid groups (broad SMARTS) is 1. The van der Waals surface area contributed by atoms with Gasteiger partial charge in [-0.3, -0.25) is 19.3 Å². The number of pyridine rings is 1. The fourth-order valence-electron chi connectivity index (χ4n) is 6.81. The average Bonchev–Trinajstić information content (AvgIpc) is 3.47. The Morgan fingerprint density at radius 3 is 2.68 bits per heavy atom. The van der Waals surface area contributed by atoms with Crippen molar-refractivity contribution in [3.63, 3.8) is 0 Å². The van der Waals surface area contributed by atoms with E-state index in [1.54, 1.807) is 6.20 Å². The molecule has 0 radical (unpaired) electrons. The summed E-state index contributed by atoms with van der Waals surface area (Å²) in [5.74, 6) is 0.450. The number of likely N-dealkylation sites (tertiary alicyclic amines) is 2. The maximum atomic E-state index is 13.1. The first-order chi connectivity index (χ1) is 19.6. The van der Waals surface area contributed by atoms with E-state index in [1.165, 1.54) is 4.90 Å². The molecule has 1 aliphatic carbocycles. The minimum atomic E-state index is -0.949. The monoisotopic (exact) mass is 560 g/mol. The van der Waals surface area contributed by atoms with Gasteiger partial charge in [-0.25, -0.2) is 9.78 Å². The molecule has 2 saturated heterocycles. The Morgan fingerprint density at radius 2 is 1.90 bits per heavy atom. The number of carbonyl (C=O) groups excluding carboxylic acids is 3. The van der Waals surface area contributed by atoms with Crippen LogP contribution in [0.1, 0.15) is 49.3 Å². The van der Waals surface area contributed by atoms with Crippen molar-refractivity contribution in [2.45, 2.75) is 56.9 Å². The van der Waals surface area contributed by atoms with E-state index in [-0.39, 0.29) is 30.3 Å². The van der Waals surface area contributed by atoms with Crippen LogP contribution in [0, 0.1) is 5.41 Å². The van der Waals surface area contributed by atoms with E-state index in [0.29, 0.717) is 63.4 Å². The number of nitrogens with zero attached hydrogens (tertiary/aromatic N) is 3. The lowest BCUT2D eigenvalue weighted by atomic mass is 9.79. The molecular formula is C30H36N6O5. The number of benzene rings is 1. The fraction of sp³-hybridized carbons (Fsp3) is 0.500. The standard InChI is InChI=1S/C30H36N6O5/c1-29(26(38)33-22-4-3-11-36(17-22)28(40)41)8-12-35(13-9-29)18-24(37)32-21-7-6-19-15-30(16-20(19)14-21)23-5-2-10-31-25(23)34-27(30)39/h2,5-7,10,14,22H,3-4,8-9,11-13,15-18H2,1H3,(H,32,37)(H,33,38)(H,40,41)(H,31,34,39)/t22?,30-/m1/s1. The second-order valence-electron chi connectivity index (χ2n) is 12.2. The van der Waals surface area contributed by atoms with Gasteiger partial charge in [0.25, 0.3) is 0 Å². The lowest BCUT2D eigenvalue weighted by Crippen LogP contribution is -2.54. The van der Waals surface area contributed by atoms with Gasteiger partial charge in [-0.2, -0.15) is 0 Å². The van der Waals surface area contributed by atoms with Crippen molar-refractivity contribution >= 4 is 35.3 Å². The maximum Gasteiger partial charge on any atom is 0.407 e. The SMILES string of the molecule is CC1(C(=O)NC2CCCN(C(=O)O)C2)CCN(CC(=O)Nc2ccc3c(c2)C[C@@]2(C3)C(=O)Nc3ncccc32)CC1. The minimum absolute atomic E-state index is 0.0280. The summed E-state index contributed by atoms with van der Waals surface area (Å²) in [7, 11) is 0. The smallest absolute Gasteiger partial charge is 0.407 e. The summed E-state index contributed by atoms with van der Waals surface area (Å²) >= 11 is 0. The molecule has 0 bridgehead atoms. The molecule has 1 aromatic carbocycles. The molecule has 1 aromatic heterocycles. The van der Waals surface area contributed by atoms with E-state index in [4.69, 9.17) is 0 Å². The van der Waals surface area contributed by atoms with Crippen LogP contribution in [0.4, 0.5) is 16.3 Å². The van der Waals surface area contributed by atoms with Crippen LogP contribution in [0.25, 0.3) is 0 Å². The number of rotatable bonds is 5. The van der Waals surface area contributed by atoms with Crippen LogP contribution in [-0.4, -0.2) is 82.5 Å². The van der Waals surface area contributed by atoms with Crippen LogP contribution >= 0.6 is 0 Å². The van der Waals surface area contributed by atoms with Crippen LogP contribution in [0.3, 0.4) is 0 Å². The zero-order valence-corrected chi connectivity index (χ0v) is 23.2. The van der Waals surface area contributed by atoms with Gasteiger partial charge in [-0.05, 0) is 80.9 Å². The lowest BCUT2D eigenvalue weighted by Gasteiger charge is -2.39. The summed E-state index contributed by atoms with van der Waals surface area (Å²) in [5, 5.41) is 18.3. The summed E-state index contributed by atoms with van der Waals surface area (Å²) in [6.07, 6.45) is 4.68. The van der Waals surface area contributed by atoms with E-state index in [9.17, 15) is 24.3 Å². The number of carbonyl (C=O) groups is 4. The van der Waals surface area contributed by atoms with Crippen molar-refractivity contribution in [2.24, 2.45) is 5.41 Å². The van der Waals surface area contributed by atoms with Gasteiger partial charge in [0.2, 0.25) is 17.7 Å². The van der Waals surface area contributed by atoms with Crippen LogP contribution in [0.2, 0.25) is 0 Å². The Labute approximate surface area is 238 Å². The first-order valence-electron chi connectivity index (χ1n) is 14.4. The fourth-order valence-corrected chi connectivity index (χ4v) is 6.81. The molecule has 1 unspecified atom stereocenters. The number of fused-ring (bicyclic) bond motifs is 3. The number of hydrogen-bond donors (Lipinski definition) is 4. The van der Waals surface area contributed by atoms with Gasteiger partial charge in [-0.15, -0.1) is 0 Å². The normalized spacial score (nSPS) is 24.9. The first-order valence-corrected chi connectivity index (χ1v) is 14.4. The Morgan fingerprint density at radius 1 is 1.12 bits per heavy atom. The highest BCUT2D eigenvalue weighted by Crippen LogP contribution is 2.47. The van der Waals surface area contributed by atoms with E-state index in [0.717, 1.165) is 29.5 Å². The molecule has 2 fully saturated rings. The number of piperidine rings is 2. The van der Waals surface area contributed by atoms with Crippen molar-refractivity contribution < 1.29 is 24.3 Å². The second-order valence-corrected chi connectivity index (χ2v) is 12.2. The van der Waals surface area contributed by atoms with Crippen LogP contribution in [0.15, 0.2) is 36.5 Å². The predicted octanol–water partition coefficient (Wildman–Crippen LogP) is 2.37. The molecule has 11 heteroatoms. The molecule has 2 aromatic rings. The third-order valence-electron chi connectivity index (χ3n) is 9.37. The van der Waals surface area contributed by atoms with Gasteiger partial charge >= 0.3 is 6.09 Å². The van der Waals surface area contributed by atoms with Crippen molar-refractivity contribution in [3.8, 4) is 0 Å². The van der Waals surface area contributed by atoms with Crippen molar-refractivity contribution in [3.05, 3.63) is 53.2 Å². The maximum absolute atomic E-state index is 13.1. The number of amides is 4. The summed E-state index contributed by atoms with van der Waals surface area (Å²) < 4.78 is 0. The van der Waals surface area contributed by atoms with Crippen molar-refractivity contribution in [1.29, 1.82) is 0 Å². The average molecular weight is 561 g/mol. The molecule has 6 rings (SSSR count). The van der Waals surface area contributed by atoms with Crippen LogP contribution < -0.4 is 16.0 Å². The number of aromatic nitrogens is 1. The highest BCUT2D eigenvalue weighted by Gasteiger charge is 2.51. The lowest BCUT2D eigenvalue weighted by molar-refractivity contribution is -0.134. The molecule has 0 saturated carbocycles. The van der Waals surface area contributed by atoms with Crippen molar-refractivity contribution in [1.82, 2.24) is 20.1 Å². The van der Waals surface area contributed by atoms with Gasteiger partial charge < -0.3 is 26.0 Å². The van der Waals surface area contributed by atoms with Gasteiger partial charge in [0.1, 0.15) is 5.82 Å². The second kappa shape index (κ2) is 10.4. The molecule has 11 nitrogen and oxygen atoms in total. The summed E-state index contributed by atoms with van der Waals surface area (Å²) in [6.45, 7) is 4.26. The number of anilines is 2. The van der Waals surface area contributed by atoms with Gasteiger partial charge in [0.05, 0.1) is 12.0 Å². The topological polar surface area (TPSA) is 144 Å². The number of hydrogen-bond acceptors (Lipinski definition) is 6. The highest BCUT2D eigenvalue weighted by molar-refractivity contribution is 6.06. The summed E-state index contributed by atoms with van der Waals surface area (Å²) in [6, 6.07) is 9.51. The van der Waals surface area contributed by atoms with Gasteiger partial charge in [0, 0.05) is 42.0 Å². The van der Waals surface area contributed by atoms with Crippen molar-refractivity contribution in [2.75, 3.05) is 43.4 Å². The molecule has 4 aliphatic rings. The molecular weight excluding hydrogens is 524 g/mol. The molecule has 3 aliphatic heterocycles. The molecule has 1 spiro atoms. The predicted molar refractivity (Wildman–Crippen MR) is 152 cm³/mol. The largest absolute Gasteiger partial charge is 0.465 e. The van der Waals surface area contributed by atoms with Crippen LogP contribution in [-0.2, 0) is 32.6 Å². The van der Waals surface area contributed by atoms with Gasteiger partial charge in [0.15, 0.2) is 0 Å². The van der Waals surface area contributed by atoms with E-state index >= 15 is 0 Å². The zero-order valence-electron chi connectivity index (χ0n) is 23.2. The Kier molecular flexibility index (Phi) is 6.93. The third kappa shape index (κ3) is 5.14. The zero-order chi connectivity index (χ0) is 28.8. The molecule has 41 heavy (non-hydrogen) atoms. The molecule has 2 atom stereocenters. The minimum Gasteiger partial charge on any atom is -0.465 e. The molecule has 216 valence electrons. The molecule has 4 N–H and O–H groups in total. The Bertz CT molecular complexity index is 1400. The van der Waals surface area contributed by atoms with E-state index in [1.807, 2.05) is 37.3 Å². The highest BCUT2D eigenvalue weighted by atomic mass is 16.4. The third-order valence-corrected chi connectivity index (χ3v) is 9.37. The number of nitrogens with one attached hydrogen (secondary N) is 3. The summed E-state index contributed by atoms with van der Waals surface area (Å²) in [4.78, 5) is 58.0. The molecule has 4 heterocycles. The van der Waals surface area contributed by atoms with Crippen LogP contribution in [0.5, 0.6) is 0 Å². The van der Waals surface area contributed by atoms with Gasteiger partial charge in [-0.1, -0.05) is 19.1 Å². The Balaban J connectivity index is 1.01. The quantitative estimate of drug-likeness (QED) is 0.440. The first kappa shape index (κ1) is 27.2. The van der Waals surface area contributed by atoms with E-state index < -0.39 is 16.9 Å². The van der Waals surface area contributed by atoms with E-state index in [2.05, 4.69) is 25.8 Å².